The highest BCUT2D eigenvalue weighted by molar-refractivity contribution is 14.0. The molecule has 0 unspecified atom stereocenters. The van der Waals surface area contributed by atoms with Crippen LogP contribution in [0.4, 0.5) is 0 Å². The van der Waals surface area contributed by atoms with Crippen LogP contribution in [0.5, 0.6) is 5.75 Å². The molecular weight excluding hydrogens is 467 g/mol. The van der Waals surface area contributed by atoms with Gasteiger partial charge in [0, 0.05) is 32.7 Å². The first-order valence-corrected chi connectivity index (χ1v) is 9.13. The molecular formula is C21H29IN4O2. The van der Waals surface area contributed by atoms with Gasteiger partial charge in [0.1, 0.15) is 5.75 Å². The third-order valence-corrected chi connectivity index (χ3v) is 4.02. The lowest BCUT2D eigenvalue weighted by Gasteiger charge is -2.13. The van der Waals surface area contributed by atoms with Gasteiger partial charge >= 0.3 is 0 Å². The molecule has 0 fully saturated rings. The van der Waals surface area contributed by atoms with Crippen LogP contribution in [-0.4, -0.2) is 39.1 Å². The molecule has 0 saturated carbocycles. The fraction of sp³-hybridized carbons (Fsp3) is 0.333. The Morgan fingerprint density at radius 2 is 1.82 bits per heavy atom. The summed E-state index contributed by atoms with van der Waals surface area (Å²) >= 11 is 0. The fourth-order valence-electron chi connectivity index (χ4n) is 2.66. The number of ether oxygens (including phenoxy) is 1. The second kappa shape index (κ2) is 13.0. The molecule has 152 valence electrons. The van der Waals surface area contributed by atoms with Gasteiger partial charge in [0.2, 0.25) is 0 Å². The first-order valence-electron chi connectivity index (χ1n) is 9.13. The van der Waals surface area contributed by atoms with Gasteiger partial charge < -0.3 is 20.7 Å². The van der Waals surface area contributed by atoms with Crippen LogP contribution in [0, 0.1) is 0 Å². The third-order valence-electron chi connectivity index (χ3n) is 4.02. The fourth-order valence-corrected chi connectivity index (χ4v) is 2.66. The maximum absolute atomic E-state index is 11.7. The number of rotatable bonds is 8. The van der Waals surface area contributed by atoms with Crippen molar-refractivity contribution in [1.82, 2.24) is 16.0 Å². The molecule has 0 aliphatic heterocycles. The molecule has 0 aliphatic carbocycles. The molecule has 2 aromatic carbocycles. The molecule has 0 atom stereocenters. The molecule has 7 heteroatoms. The van der Waals surface area contributed by atoms with Gasteiger partial charge in [0.05, 0.1) is 6.61 Å². The molecule has 2 aromatic rings. The van der Waals surface area contributed by atoms with Crippen molar-refractivity contribution >= 4 is 35.8 Å². The summed E-state index contributed by atoms with van der Waals surface area (Å²) in [6.07, 6.45) is 0.797. The predicted molar refractivity (Wildman–Crippen MR) is 125 cm³/mol. The van der Waals surface area contributed by atoms with Crippen LogP contribution >= 0.6 is 24.0 Å². The summed E-state index contributed by atoms with van der Waals surface area (Å²) in [6.45, 7) is 4.00. The molecule has 6 nitrogen and oxygen atoms in total. The minimum Gasteiger partial charge on any atom is -0.494 e. The molecule has 0 spiro atoms. The second-order valence-corrected chi connectivity index (χ2v) is 5.96. The van der Waals surface area contributed by atoms with E-state index in [0.29, 0.717) is 18.7 Å². The average Bonchev–Trinajstić information content (AvgIpc) is 2.70. The zero-order valence-corrected chi connectivity index (χ0v) is 18.9. The number of amides is 1. The highest BCUT2D eigenvalue weighted by Crippen LogP contribution is 2.13. The van der Waals surface area contributed by atoms with E-state index < -0.39 is 0 Å². The lowest BCUT2D eigenvalue weighted by atomic mass is 10.1. The minimum atomic E-state index is -0.0726. The standard InChI is InChI=1S/C21H28N4O2.HI/c1-4-27-19-10-6-8-17(14-19)15-25-21(23-3)24-12-11-16-7-5-9-18(13-16)20(26)22-2;/h5-10,13-14H,4,11-12,15H2,1-3H3,(H,22,26)(H2,23,24,25);1H. The number of hydrogen-bond donors (Lipinski definition) is 3. The van der Waals surface area contributed by atoms with Crippen LogP contribution in [0.3, 0.4) is 0 Å². The smallest absolute Gasteiger partial charge is 0.251 e. The van der Waals surface area contributed by atoms with E-state index in [0.717, 1.165) is 35.8 Å². The number of carbonyl (C=O) groups excluding carboxylic acids is 1. The number of nitrogens with one attached hydrogen (secondary N) is 3. The van der Waals surface area contributed by atoms with Crippen LogP contribution < -0.4 is 20.7 Å². The van der Waals surface area contributed by atoms with Crippen molar-refractivity contribution in [3.05, 3.63) is 65.2 Å². The van der Waals surface area contributed by atoms with Gasteiger partial charge in [-0.25, -0.2) is 0 Å². The lowest BCUT2D eigenvalue weighted by molar-refractivity contribution is 0.0963. The summed E-state index contributed by atoms with van der Waals surface area (Å²) in [6, 6.07) is 15.6. The molecule has 3 N–H and O–H groups in total. The Bertz CT molecular complexity index is 781. The SMILES string of the molecule is CCOc1cccc(CNC(=NC)NCCc2cccc(C(=O)NC)c2)c1.I. The van der Waals surface area contributed by atoms with Crippen LogP contribution in [0.2, 0.25) is 0 Å². The molecule has 0 bridgehead atoms. The molecule has 0 heterocycles. The van der Waals surface area contributed by atoms with Crippen molar-refractivity contribution in [1.29, 1.82) is 0 Å². The van der Waals surface area contributed by atoms with E-state index in [9.17, 15) is 4.79 Å². The first kappa shape index (κ1) is 23.7. The Balaban J connectivity index is 0.00000392. The number of hydrogen-bond acceptors (Lipinski definition) is 3. The summed E-state index contributed by atoms with van der Waals surface area (Å²) < 4.78 is 5.53. The van der Waals surface area contributed by atoms with Crippen molar-refractivity contribution in [3.8, 4) is 5.75 Å². The normalized spacial score (nSPS) is 10.6. The third kappa shape index (κ3) is 7.75. The summed E-state index contributed by atoms with van der Waals surface area (Å²) in [5, 5.41) is 9.24. The average molecular weight is 496 g/mol. The zero-order chi connectivity index (χ0) is 19.5. The molecule has 0 radical (unpaired) electrons. The predicted octanol–water partition coefficient (Wildman–Crippen LogP) is 2.97. The van der Waals surface area contributed by atoms with Crippen molar-refractivity contribution in [2.75, 3.05) is 27.2 Å². The summed E-state index contributed by atoms with van der Waals surface area (Å²) in [7, 11) is 3.38. The van der Waals surface area contributed by atoms with E-state index in [-0.39, 0.29) is 29.9 Å². The van der Waals surface area contributed by atoms with Crippen molar-refractivity contribution in [2.24, 2.45) is 4.99 Å². The summed E-state index contributed by atoms with van der Waals surface area (Å²) in [5.74, 6) is 1.53. The van der Waals surface area contributed by atoms with Gasteiger partial charge in [-0.1, -0.05) is 24.3 Å². The number of benzene rings is 2. The number of guanidine groups is 1. The molecule has 0 aliphatic rings. The molecule has 1 amide bonds. The van der Waals surface area contributed by atoms with E-state index in [1.165, 1.54) is 0 Å². The molecule has 0 saturated heterocycles. The number of aliphatic imine (C=N–C) groups is 1. The van der Waals surface area contributed by atoms with Gasteiger partial charge in [-0.05, 0) is 48.7 Å². The van der Waals surface area contributed by atoms with Gasteiger partial charge in [-0.2, -0.15) is 0 Å². The lowest BCUT2D eigenvalue weighted by Crippen LogP contribution is -2.37. The maximum atomic E-state index is 11.7. The van der Waals surface area contributed by atoms with Gasteiger partial charge in [-0.15, -0.1) is 24.0 Å². The largest absolute Gasteiger partial charge is 0.494 e. The van der Waals surface area contributed by atoms with E-state index in [2.05, 4.69) is 20.9 Å². The Kier molecular flexibility index (Phi) is 11.0. The molecule has 0 aromatic heterocycles. The van der Waals surface area contributed by atoms with Crippen molar-refractivity contribution in [3.63, 3.8) is 0 Å². The van der Waals surface area contributed by atoms with Gasteiger partial charge in [-0.3, -0.25) is 9.79 Å². The number of carbonyl (C=O) groups is 1. The Morgan fingerprint density at radius 1 is 1.07 bits per heavy atom. The maximum Gasteiger partial charge on any atom is 0.251 e. The van der Waals surface area contributed by atoms with Crippen molar-refractivity contribution in [2.45, 2.75) is 19.9 Å². The zero-order valence-electron chi connectivity index (χ0n) is 16.6. The Hall–Kier alpha value is -2.29. The quantitative estimate of drug-likeness (QED) is 0.299. The second-order valence-electron chi connectivity index (χ2n) is 5.96. The summed E-state index contributed by atoms with van der Waals surface area (Å²) in [4.78, 5) is 16.0. The summed E-state index contributed by atoms with van der Waals surface area (Å²) in [5.41, 5.74) is 2.90. The highest BCUT2D eigenvalue weighted by atomic mass is 127. The Labute approximate surface area is 184 Å². The molecule has 28 heavy (non-hydrogen) atoms. The van der Waals surface area contributed by atoms with Crippen LogP contribution in [-0.2, 0) is 13.0 Å². The minimum absolute atomic E-state index is 0. The molecule has 2 rings (SSSR count). The van der Waals surface area contributed by atoms with E-state index in [1.54, 1.807) is 14.1 Å². The van der Waals surface area contributed by atoms with Crippen molar-refractivity contribution < 1.29 is 9.53 Å². The van der Waals surface area contributed by atoms with Crippen LogP contribution in [0.25, 0.3) is 0 Å². The first-order chi connectivity index (χ1) is 13.2. The van der Waals surface area contributed by atoms with Crippen LogP contribution in [0.15, 0.2) is 53.5 Å². The van der Waals surface area contributed by atoms with Gasteiger partial charge in [0.15, 0.2) is 5.96 Å². The van der Waals surface area contributed by atoms with E-state index in [1.807, 2.05) is 55.5 Å². The van der Waals surface area contributed by atoms with E-state index in [4.69, 9.17) is 4.74 Å². The Morgan fingerprint density at radius 3 is 2.54 bits per heavy atom. The highest BCUT2D eigenvalue weighted by Gasteiger charge is 2.04. The van der Waals surface area contributed by atoms with Gasteiger partial charge in [0.25, 0.3) is 5.91 Å². The number of nitrogens with zero attached hydrogens (tertiary/aromatic N) is 1. The number of halogens is 1. The van der Waals surface area contributed by atoms with Crippen LogP contribution in [0.1, 0.15) is 28.4 Å². The monoisotopic (exact) mass is 496 g/mol. The van der Waals surface area contributed by atoms with E-state index >= 15 is 0 Å². The topological polar surface area (TPSA) is 74.8 Å².